The van der Waals surface area contributed by atoms with Crippen LogP contribution in [0.15, 0.2) is 30.3 Å². The number of likely N-dealkylation sites (tertiary alicyclic amines) is 1. The number of carbonyl (C=O) groups excluding carboxylic acids is 2. The van der Waals surface area contributed by atoms with Crippen LogP contribution in [0, 0.1) is 0 Å². The van der Waals surface area contributed by atoms with E-state index in [0.29, 0.717) is 30.8 Å². The molecule has 1 aromatic heterocycles. The van der Waals surface area contributed by atoms with Crippen LogP contribution in [0.2, 0.25) is 5.02 Å². The van der Waals surface area contributed by atoms with Crippen LogP contribution in [-0.2, 0) is 20.7 Å². The van der Waals surface area contributed by atoms with E-state index in [1.807, 2.05) is 4.90 Å². The first-order valence-corrected chi connectivity index (χ1v) is 11.2. The maximum absolute atomic E-state index is 12.9. The molecule has 2 amide bonds. The van der Waals surface area contributed by atoms with Crippen LogP contribution in [0.3, 0.4) is 0 Å². The second kappa shape index (κ2) is 11.8. The first-order chi connectivity index (χ1) is 16.7. The van der Waals surface area contributed by atoms with Gasteiger partial charge in [-0.2, -0.15) is 4.98 Å². The Morgan fingerprint density at radius 2 is 1.97 bits per heavy atom. The van der Waals surface area contributed by atoms with Gasteiger partial charge < -0.3 is 30.9 Å². The number of pyridine rings is 1. The van der Waals surface area contributed by atoms with E-state index in [9.17, 15) is 14.4 Å². The Morgan fingerprint density at radius 1 is 1.26 bits per heavy atom. The van der Waals surface area contributed by atoms with Gasteiger partial charge in [-0.3, -0.25) is 19.3 Å². The molecule has 1 aliphatic heterocycles. The number of nitrogen functional groups attached to an aromatic ring is 1. The number of carboxylic acids is 1. The number of hydrogen-bond donors (Lipinski definition) is 4. The number of nitrogens with zero attached hydrogens (tertiary/aromatic N) is 2. The Bertz CT molecular complexity index is 1080. The zero-order chi connectivity index (χ0) is 25.5. The summed E-state index contributed by atoms with van der Waals surface area (Å²) in [6, 6.07) is 7.78. The monoisotopic (exact) mass is 505 g/mol. The number of rotatable bonds is 9. The predicted molar refractivity (Wildman–Crippen MR) is 130 cm³/mol. The number of benzene rings is 1. The van der Waals surface area contributed by atoms with Gasteiger partial charge in [0.05, 0.1) is 37.2 Å². The number of aromatic nitrogens is 1. The van der Waals surface area contributed by atoms with E-state index in [4.69, 9.17) is 31.9 Å². The van der Waals surface area contributed by atoms with Crippen molar-refractivity contribution in [3.63, 3.8) is 0 Å². The molecule has 12 heteroatoms. The van der Waals surface area contributed by atoms with Gasteiger partial charge in [-0.05, 0) is 30.2 Å². The number of amides is 2. The van der Waals surface area contributed by atoms with Gasteiger partial charge in [0.25, 0.3) is 5.91 Å². The third kappa shape index (κ3) is 7.04. The summed E-state index contributed by atoms with van der Waals surface area (Å²) in [7, 11) is 2.94. The highest BCUT2D eigenvalue weighted by atomic mass is 35.5. The summed E-state index contributed by atoms with van der Waals surface area (Å²) in [5.41, 5.74) is 7.08. The number of methoxy groups -OCH3 is 2. The van der Waals surface area contributed by atoms with Crippen LogP contribution in [0.4, 0.5) is 11.5 Å². The van der Waals surface area contributed by atoms with Crippen molar-refractivity contribution in [2.75, 3.05) is 44.9 Å². The molecule has 188 valence electrons. The fraction of sp³-hybridized carbons (Fsp3) is 0.391. The van der Waals surface area contributed by atoms with Gasteiger partial charge in [0.15, 0.2) is 0 Å². The average Bonchev–Trinajstić information content (AvgIpc) is 2.82. The lowest BCUT2D eigenvalue weighted by molar-refractivity contribution is -0.136. The summed E-state index contributed by atoms with van der Waals surface area (Å²) < 4.78 is 10.7. The maximum Gasteiger partial charge on any atom is 0.307 e. The molecule has 5 N–H and O–H groups in total. The molecule has 0 radical (unpaired) electrons. The molecule has 0 bridgehead atoms. The quantitative estimate of drug-likeness (QED) is 0.395. The van der Waals surface area contributed by atoms with Crippen LogP contribution in [0.5, 0.6) is 5.88 Å². The van der Waals surface area contributed by atoms with E-state index in [-0.39, 0.29) is 53.3 Å². The summed E-state index contributed by atoms with van der Waals surface area (Å²) in [4.78, 5) is 42.1. The number of ether oxygens (including phenoxy) is 2. The number of anilines is 2. The number of carbonyl (C=O) groups is 3. The Hall–Kier alpha value is -3.41. The second-order valence-corrected chi connectivity index (χ2v) is 8.51. The summed E-state index contributed by atoms with van der Waals surface area (Å²) in [6.07, 6.45) is 0.131. The third-order valence-electron chi connectivity index (χ3n) is 5.63. The number of nitrogens with one attached hydrogen (secondary N) is 2. The molecule has 2 heterocycles. The van der Waals surface area contributed by atoms with E-state index in [1.54, 1.807) is 31.4 Å². The van der Waals surface area contributed by atoms with Gasteiger partial charge >= 0.3 is 5.97 Å². The standard InChI is InChI=1S/C23H28ClN5O6/c1-34-18-11-29(12-19(30)26-14-5-3-13(4-6-14)9-20(31)32)8-7-17(18)27-22(33)15-10-16(24)21(25)28-23(15)35-2/h3-6,10,17-18H,7-9,11-12H2,1-2H3,(H2,25,28)(H,26,30)(H,27,33)(H,31,32)/t17-,18+/m1/s1. The first-order valence-electron chi connectivity index (χ1n) is 10.9. The lowest BCUT2D eigenvalue weighted by Gasteiger charge is -2.37. The van der Waals surface area contributed by atoms with E-state index in [0.717, 1.165) is 0 Å². The largest absolute Gasteiger partial charge is 0.481 e. The van der Waals surface area contributed by atoms with Crippen LogP contribution in [0.25, 0.3) is 0 Å². The molecule has 2 aromatic rings. The normalized spacial score (nSPS) is 18.0. The predicted octanol–water partition coefficient (Wildman–Crippen LogP) is 1.41. The van der Waals surface area contributed by atoms with Crippen molar-refractivity contribution in [3.05, 3.63) is 46.5 Å². The molecule has 2 atom stereocenters. The molecule has 11 nitrogen and oxygen atoms in total. The van der Waals surface area contributed by atoms with Crippen LogP contribution in [-0.4, -0.2) is 78.8 Å². The topological polar surface area (TPSA) is 156 Å². The Morgan fingerprint density at radius 3 is 2.60 bits per heavy atom. The van der Waals surface area contributed by atoms with Crippen molar-refractivity contribution in [2.45, 2.75) is 25.0 Å². The molecular formula is C23H28ClN5O6. The molecule has 0 unspecified atom stereocenters. The minimum Gasteiger partial charge on any atom is -0.481 e. The van der Waals surface area contributed by atoms with Gasteiger partial charge in [-0.15, -0.1) is 0 Å². The van der Waals surface area contributed by atoms with Crippen molar-refractivity contribution in [3.8, 4) is 5.88 Å². The zero-order valence-electron chi connectivity index (χ0n) is 19.4. The fourth-order valence-corrected chi connectivity index (χ4v) is 4.01. The lowest BCUT2D eigenvalue weighted by Crippen LogP contribution is -2.55. The highest BCUT2D eigenvalue weighted by Crippen LogP contribution is 2.25. The van der Waals surface area contributed by atoms with Crippen molar-refractivity contribution in [2.24, 2.45) is 0 Å². The smallest absolute Gasteiger partial charge is 0.307 e. The maximum atomic E-state index is 12.9. The van der Waals surface area contributed by atoms with Gasteiger partial charge in [-0.25, -0.2) is 0 Å². The second-order valence-electron chi connectivity index (χ2n) is 8.11. The van der Waals surface area contributed by atoms with Crippen LogP contribution < -0.4 is 21.1 Å². The molecule has 1 aromatic carbocycles. The number of nitrogens with two attached hydrogens (primary N) is 1. The number of carboxylic acid groups (broad SMARTS) is 1. The van der Waals surface area contributed by atoms with E-state index >= 15 is 0 Å². The molecular weight excluding hydrogens is 478 g/mol. The molecule has 0 aliphatic carbocycles. The highest BCUT2D eigenvalue weighted by molar-refractivity contribution is 6.33. The van der Waals surface area contributed by atoms with Gasteiger partial charge in [0.1, 0.15) is 11.4 Å². The Labute approximate surface area is 207 Å². The lowest BCUT2D eigenvalue weighted by atomic mass is 10.0. The molecule has 0 saturated carbocycles. The zero-order valence-corrected chi connectivity index (χ0v) is 20.2. The van der Waals surface area contributed by atoms with Crippen LogP contribution in [0.1, 0.15) is 22.3 Å². The van der Waals surface area contributed by atoms with Crippen molar-refractivity contribution in [1.82, 2.24) is 15.2 Å². The minimum absolute atomic E-state index is 0.0672. The molecule has 0 spiro atoms. The van der Waals surface area contributed by atoms with E-state index in [1.165, 1.54) is 13.2 Å². The van der Waals surface area contributed by atoms with Crippen molar-refractivity contribution in [1.29, 1.82) is 0 Å². The van der Waals surface area contributed by atoms with E-state index in [2.05, 4.69) is 15.6 Å². The van der Waals surface area contributed by atoms with Gasteiger partial charge in [-0.1, -0.05) is 23.7 Å². The number of halogens is 1. The Kier molecular flexibility index (Phi) is 8.85. The molecule has 35 heavy (non-hydrogen) atoms. The van der Waals surface area contributed by atoms with E-state index < -0.39 is 11.9 Å². The third-order valence-corrected chi connectivity index (χ3v) is 5.93. The molecule has 1 saturated heterocycles. The summed E-state index contributed by atoms with van der Waals surface area (Å²) in [5.74, 6) is -1.40. The summed E-state index contributed by atoms with van der Waals surface area (Å²) >= 11 is 6.02. The number of hydrogen-bond acceptors (Lipinski definition) is 8. The number of aliphatic carboxylic acids is 1. The number of piperidine rings is 1. The molecule has 3 rings (SSSR count). The Balaban J connectivity index is 1.55. The van der Waals surface area contributed by atoms with Crippen LogP contribution >= 0.6 is 11.6 Å². The average molecular weight is 506 g/mol. The SMILES string of the molecule is COc1nc(N)c(Cl)cc1C(=O)N[C@@H]1CCN(CC(=O)Nc2ccc(CC(=O)O)cc2)C[C@@H]1OC. The highest BCUT2D eigenvalue weighted by Gasteiger charge is 2.32. The summed E-state index contributed by atoms with van der Waals surface area (Å²) in [5, 5.41) is 14.7. The first kappa shape index (κ1) is 26.2. The molecule has 1 fully saturated rings. The van der Waals surface area contributed by atoms with Crippen molar-refractivity contribution >= 4 is 40.9 Å². The fourth-order valence-electron chi connectivity index (χ4n) is 3.86. The summed E-state index contributed by atoms with van der Waals surface area (Å²) in [6.45, 7) is 1.14. The van der Waals surface area contributed by atoms with Gasteiger partial charge in [0.2, 0.25) is 11.8 Å². The molecule has 1 aliphatic rings. The van der Waals surface area contributed by atoms with Gasteiger partial charge in [0, 0.05) is 25.9 Å². The van der Waals surface area contributed by atoms with Crippen molar-refractivity contribution < 1.29 is 29.0 Å². The minimum atomic E-state index is -0.915.